The second-order valence-electron chi connectivity index (χ2n) is 7.67. The minimum absolute atomic E-state index is 0.293. The van der Waals surface area contributed by atoms with E-state index < -0.39 is 5.54 Å². The first-order valence-electron chi connectivity index (χ1n) is 9.89. The van der Waals surface area contributed by atoms with Gasteiger partial charge in [0.2, 0.25) is 0 Å². The average Bonchev–Trinajstić information content (AvgIpc) is 3.54. The molecule has 0 fully saturated rings. The molecule has 1 unspecified atom stereocenters. The Morgan fingerprint density at radius 2 is 1.87 bits per heavy atom. The molecule has 4 aromatic heterocycles. The number of fused-ring (bicyclic) bond motifs is 1. The lowest BCUT2D eigenvalue weighted by Crippen LogP contribution is -2.31. The Hall–Kier alpha value is -4.25. The van der Waals surface area contributed by atoms with Crippen LogP contribution in [0.1, 0.15) is 18.9 Å². The minimum Gasteiger partial charge on any atom is -0.284 e. The van der Waals surface area contributed by atoms with Crippen molar-refractivity contribution in [2.45, 2.75) is 18.9 Å². The maximum Gasteiger partial charge on any atom is 0.149 e. The molecule has 0 amide bonds. The summed E-state index contributed by atoms with van der Waals surface area (Å²) in [5.74, 6) is 0.729. The van der Waals surface area contributed by atoms with E-state index in [1.54, 1.807) is 23.3 Å². The Morgan fingerprint density at radius 3 is 2.61 bits per heavy atom. The Bertz CT molecular complexity index is 1400. The molecule has 31 heavy (non-hydrogen) atoms. The first kappa shape index (κ1) is 18.8. The van der Waals surface area contributed by atoms with Crippen LogP contribution in [0.15, 0.2) is 73.6 Å². The predicted molar refractivity (Wildman–Crippen MR) is 116 cm³/mol. The molecule has 0 aliphatic heterocycles. The summed E-state index contributed by atoms with van der Waals surface area (Å²) in [4.78, 5) is 9.35. The van der Waals surface area contributed by atoms with Gasteiger partial charge in [-0.15, -0.1) is 0 Å². The SMILES string of the molecule is Cn1cc(-c2cc3nccn3c(-c3cnn(C(C)(CC#N)c4ccccc4)c3)n2)cn1. The largest absolute Gasteiger partial charge is 0.284 e. The van der Waals surface area contributed by atoms with Gasteiger partial charge in [-0.2, -0.15) is 15.5 Å². The van der Waals surface area contributed by atoms with Crippen LogP contribution in [0.4, 0.5) is 0 Å². The molecule has 8 heteroatoms. The molecule has 5 rings (SSSR count). The molecule has 1 atom stereocenters. The molecule has 5 aromatic rings. The predicted octanol–water partition coefficient (Wildman–Crippen LogP) is 3.67. The third-order valence-electron chi connectivity index (χ3n) is 5.56. The van der Waals surface area contributed by atoms with Crippen molar-refractivity contribution in [2.75, 3.05) is 0 Å². The van der Waals surface area contributed by atoms with Crippen molar-refractivity contribution >= 4 is 5.65 Å². The van der Waals surface area contributed by atoms with E-state index in [2.05, 4.69) is 21.3 Å². The van der Waals surface area contributed by atoms with E-state index in [-0.39, 0.29) is 0 Å². The molecular weight excluding hydrogens is 388 g/mol. The van der Waals surface area contributed by atoms with E-state index in [0.29, 0.717) is 6.42 Å². The van der Waals surface area contributed by atoms with Gasteiger partial charge in [-0.3, -0.25) is 13.8 Å². The number of hydrogen-bond acceptors (Lipinski definition) is 5. The van der Waals surface area contributed by atoms with Crippen molar-refractivity contribution in [3.63, 3.8) is 0 Å². The molecule has 0 bridgehead atoms. The van der Waals surface area contributed by atoms with Crippen LogP contribution in [0.5, 0.6) is 0 Å². The summed E-state index contributed by atoms with van der Waals surface area (Å²) in [6.45, 7) is 2.02. The van der Waals surface area contributed by atoms with Gasteiger partial charge in [-0.25, -0.2) is 9.97 Å². The molecule has 0 spiro atoms. The lowest BCUT2D eigenvalue weighted by molar-refractivity contribution is 0.361. The Morgan fingerprint density at radius 1 is 1.06 bits per heavy atom. The van der Waals surface area contributed by atoms with Crippen molar-refractivity contribution < 1.29 is 0 Å². The van der Waals surface area contributed by atoms with Crippen molar-refractivity contribution in [3.8, 4) is 28.7 Å². The van der Waals surface area contributed by atoms with E-state index in [1.165, 1.54) is 0 Å². The molecule has 1 aromatic carbocycles. The highest BCUT2D eigenvalue weighted by Gasteiger charge is 2.30. The number of nitriles is 1. The van der Waals surface area contributed by atoms with Crippen LogP contribution in [0.2, 0.25) is 0 Å². The Kier molecular flexibility index (Phi) is 4.37. The van der Waals surface area contributed by atoms with Crippen LogP contribution >= 0.6 is 0 Å². The van der Waals surface area contributed by atoms with Crippen LogP contribution < -0.4 is 0 Å². The Balaban J connectivity index is 1.64. The van der Waals surface area contributed by atoms with Crippen LogP contribution in [-0.4, -0.2) is 33.9 Å². The molecule has 4 heterocycles. The van der Waals surface area contributed by atoms with Gasteiger partial charge in [0, 0.05) is 43.5 Å². The van der Waals surface area contributed by atoms with Crippen molar-refractivity contribution in [2.24, 2.45) is 7.05 Å². The number of nitrogens with zero attached hydrogens (tertiary/aromatic N) is 8. The minimum atomic E-state index is -0.594. The van der Waals surface area contributed by atoms with E-state index >= 15 is 0 Å². The third kappa shape index (κ3) is 3.16. The lowest BCUT2D eigenvalue weighted by atomic mass is 9.89. The zero-order chi connectivity index (χ0) is 21.4. The maximum absolute atomic E-state index is 9.50. The van der Waals surface area contributed by atoms with Gasteiger partial charge in [0.05, 0.1) is 41.7 Å². The quantitative estimate of drug-likeness (QED) is 0.443. The van der Waals surface area contributed by atoms with E-state index in [9.17, 15) is 5.26 Å². The number of hydrogen-bond donors (Lipinski definition) is 0. The van der Waals surface area contributed by atoms with E-state index in [1.807, 2.05) is 78.0 Å². The van der Waals surface area contributed by atoms with E-state index in [4.69, 9.17) is 4.98 Å². The zero-order valence-electron chi connectivity index (χ0n) is 17.2. The number of benzene rings is 1. The second kappa shape index (κ2) is 7.22. The number of rotatable bonds is 5. The summed E-state index contributed by atoms with van der Waals surface area (Å²) in [5.41, 5.74) is 3.77. The summed E-state index contributed by atoms with van der Waals surface area (Å²) in [6, 6.07) is 14.2. The summed E-state index contributed by atoms with van der Waals surface area (Å²) in [7, 11) is 1.88. The lowest BCUT2D eigenvalue weighted by Gasteiger charge is -2.28. The molecule has 8 nitrogen and oxygen atoms in total. The molecule has 152 valence electrons. The molecule has 0 saturated carbocycles. The fourth-order valence-electron chi connectivity index (χ4n) is 3.80. The summed E-state index contributed by atoms with van der Waals surface area (Å²) in [5, 5.41) is 18.4. The smallest absolute Gasteiger partial charge is 0.149 e. The average molecular weight is 408 g/mol. The van der Waals surface area contributed by atoms with Gasteiger partial charge >= 0.3 is 0 Å². The fourth-order valence-corrected chi connectivity index (χ4v) is 3.80. The normalized spacial score (nSPS) is 13.2. The van der Waals surface area contributed by atoms with Crippen LogP contribution in [-0.2, 0) is 12.6 Å². The van der Waals surface area contributed by atoms with E-state index in [0.717, 1.165) is 33.9 Å². The molecular formula is C23H20N8. The fraction of sp³-hybridized carbons (Fsp3) is 0.174. The summed E-state index contributed by atoms with van der Waals surface area (Å²) in [6.07, 6.45) is 11.4. The molecule has 0 N–H and O–H groups in total. The van der Waals surface area contributed by atoms with Gasteiger partial charge < -0.3 is 0 Å². The molecule has 0 aliphatic rings. The first-order chi connectivity index (χ1) is 15.1. The van der Waals surface area contributed by atoms with Gasteiger partial charge in [0.1, 0.15) is 11.5 Å². The van der Waals surface area contributed by atoms with Crippen LogP contribution in [0.3, 0.4) is 0 Å². The monoisotopic (exact) mass is 408 g/mol. The standard InChI is InChI=1S/C23H20N8/c1-23(8-9-24,19-6-4-3-5-7-19)31-16-18(14-27-31)22-28-20(17-13-26-29(2)15-17)12-21-25-10-11-30(21)22/h3-7,10-16H,8H2,1-2H3. The maximum atomic E-state index is 9.50. The molecule has 0 aliphatic carbocycles. The van der Waals surface area contributed by atoms with Crippen molar-refractivity contribution in [1.29, 1.82) is 5.26 Å². The van der Waals surface area contributed by atoms with Gasteiger partial charge in [0.15, 0.2) is 0 Å². The highest BCUT2D eigenvalue weighted by Crippen LogP contribution is 2.31. The summed E-state index contributed by atoms with van der Waals surface area (Å²) < 4.78 is 5.53. The summed E-state index contributed by atoms with van der Waals surface area (Å²) >= 11 is 0. The van der Waals surface area contributed by atoms with Crippen molar-refractivity contribution in [3.05, 3.63) is 79.1 Å². The molecule has 0 radical (unpaired) electrons. The van der Waals surface area contributed by atoms with Crippen molar-refractivity contribution in [1.82, 2.24) is 33.9 Å². The highest BCUT2D eigenvalue weighted by molar-refractivity contribution is 5.68. The van der Waals surface area contributed by atoms with Gasteiger partial charge in [-0.05, 0) is 12.5 Å². The topological polar surface area (TPSA) is 89.6 Å². The molecule has 0 saturated heterocycles. The van der Waals surface area contributed by atoms with Gasteiger partial charge in [-0.1, -0.05) is 30.3 Å². The van der Waals surface area contributed by atoms with Crippen LogP contribution in [0, 0.1) is 11.3 Å². The first-order valence-corrected chi connectivity index (χ1v) is 9.89. The van der Waals surface area contributed by atoms with Gasteiger partial charge in [0.25, 0.3) is 0 Å². The third-order valence-corrected chi connectivity index (χ3v) is 5.56. The highest BCUT2D eigenvalue weighted by atomic mass is 15.3. The number of aryl methyl sites for hydroxylation is 1. The number of aromatic nitrogens is 7. The van der Waals surface area contributed by atoms with Crippen LogP contribution in [0.25, 0.3) is 28.3 Å². The second-order valence-corrected chi connectivity index (χ2v) is 7.67. The Labute approximate surface area is 179 Å². The zero-order valence-corrected chi connectivity index (χ0v) is 17.2. The number of imidazole rings is 1.